The number of carbonyl (C=O) groups excluding carboxylic acids is 1. The van der Waals surface area contributed by atoms with E-state index in [4.69, 9.17) is 10.8 Å². The van der Waals surface area contributed by atoms with E-state index < -0.39 is 6.04 Å². The van der Waals surface area contributed by atoms with Crippen molar-refractivity contribution in [2.24, 2.45) is 5.73 Å². The van der Waals surface area contributed by atoms with Crippen molar-refractivity contribution in [1.29, 1.82) is 0 Å². The summed E-state index contributed by atoms with van der Waals surface area (Å²) < 4.78 is 0. The number of aliphatic hydroxyl groups is 2. The fourth-order valence-electron chi connectivity index (χ4n) is 1.40. The Morgan fingerprint density at radius 1 is 1.50 bits per heavy atom. The molecule has 1 saturated heterocycles. The molecule has 0 aromatic carbocycles. The van der Waals surface area contributed by atoms with E-state index in [9.17, 15) is 9.90 Å². The van der Waals surface area contributed by atoms with E-state index in [1.165, 1.54) is 0 Å². The van der Waals surface area contributed by atoms with Gasteiger partial charge >= 0.3 is 0 Å². The van der Waals surface area contributed by atoms with E-state index in [-0.39, 0.29) is 31.0 Å². The summed E-state index contributed by atoms with van der Waals surface area (Å²) in [6.45, 7) is 0.749. The highest BCUT2D eigenvalue weighted by molar-refractivity contribution is 5.85. The number of amides is 1. The van der Waals surface area contributed by atoms with Crippen molar-refractivity contribution in [1.82, 2.24) is 4.90 Å². The van der Waals surface area contributed by atoms with Crippen LogP contribution in [0.4, 0.5) is 0 Å². The molecule has 0 aliphatic carbocycles. The molecule has 14 heavy (non-hydrogen) atoms. The lowest BCUT2D eigenvalue weighted by Gasteiger charge is -2.31. The summed E-state index contributed by atoms with van der Waals surface area (Å²) in [5.74, 6) is -0.227. The summed E-state index contributed by atoms with van der Waals surface area (Å²) in [5, 5.41) is 17.9. The molecule has 0 aromatic heterocycles. The monoisotopic (exact) mass is 224 g/mol. The molecule has 0 radical (unpaired) electrons. The van der Waals surface area contributed by atoms with Crippen LogP contribution in [0.25, 0.3) is 0 Å². The lowest BCUT2D eigenvalue weighted by molar-refractivity contribution is -0.135. The van der Waals surface area contributed by atoms with Crippen LogP contribution < -0.4 is 5.73 Å². The minimum Gasteiger partial charge on any atom is -0.394 e. The molecular formula is C8H17ClN2O3. The third-order valence-electron chi connectivity index (χ3n) is 2.29. The van der Waals surface area contributed by atoms with Gasteiger partial charge in [0.25, 0.3) is 0 Å². The Labute approximate surface area is 89.3 Å². The summed E-state index contributed by atoms with van der Waals surface area (Å²) >= 11 is 0. The molecule has 84 valence electrons. The maximum Gasteiger partial charge on any atom is 0.241 e. The largest absolute Gasteiger partial charge is 0.394 e. The fraction of sp³-hybridized carbons (Fsp3) is 0.875. The molecule has 0 spiro atoms. The second-order valence-electron chi connectivity index (χ2n) is 3.35. The Kier molecular flexibility index (Phi) is 6.03. The number of piperidine rings is 1. The number of hydrogen-bond donors (Lipinski definition) is 3. The molecule has 1 amide bonds. The number of likely N-dealkylation sites (tertiary alicyclic amines) is 1. The molecule has 4 N–H and O–H groups in total. The van der Waals surface area contributed by atoms with Crippen LogP contribution in [0, 0.1) is 0 Å². The van der Waals surface area contributed by atoms with Gasteiger partial charge in [-0.2, -0.15) is 0 Å². The number of rotatable bonds is 2. The molecule has 1 heterocycles. The van der Waals surface area contributed by atoms with Crippen LogP contribution in [0.15, 0.2) is 0 Å². The first-order valence-corrected chi connectivity index (χ1v) is 4.48. The van der Waals surface area contributed by atoms with Gasteiger partial charge in [0.1, 0.15) is 6.04 Å². The van der Waals surface area contributed by atoms with Crippen LogP contribution in [0.2, 0.25) is 0 Å². The second-order valence-corrected chi connectivity index (χ2v) is 3.35. The quantitative estimate of drug-likeness (QED) is 0.545. The lowest BCUT2D eigenvalue weighted by atomic mass is 10.1. The molecule has 1 aliphatic heterocycles. The zero-order valence-electron chi connectivity index (χ0n) is 7.93. The van der Waals surface area contributed by atoms with E-state index in [1.54, 1.807) is 4.90 Å². The van der Waals surface area contributed by atoms with Gasteiger partial charge in [-0.25, -0.2) is 0 Å². The molecular weight excluding hydrogens is 208 g/mol. The minimum atomic E-state index is -0.810. The number of nitrogens with two attached hydrogens (primary N) is 1. The summed E-state index contributed by atoms with van der Waals surface area (Å²) in [6.07, 6.45) is 0.905. The molecule has 1 rings (SSSR count). The Bertz CT molecular complexity index is 183. The van der Waals surface area contributed by atoms with Gasteiger partial charge in [0, 0.05) is 13.1 Å². The predicted molar refractivity (Wildman–Crippen MR) is 54.1 cm³/mol. The first-order chi connectivity index (χ1) is 6.15. The average molecular weight is 225 g/mol. The van der Waals surface area contributed by atoms with E-state index in [1.807, 2.05) is 0 Å². The fourth-order valence-corrected chi connectivity index (χ4v) is 1.40. The molecule has 0 saturated carbocycles. The first kappa shape index (κ1) is 13.6. The summed E-state index contributed by atoms with van der Waals surface area (Å²) in [7, 11) is 0. The Hall–Kier alpha value is -0.360. The molecule has 6 heteroatoms. The predicted octanol–water partition coefficient (Wildman–Crippen LogP) is -1.29. The van der Waals surface area contributed by atoms with Gasteiger partial charge in [-0.05, 0) is 12.8 Å². The van der Waals surface area contributed by atoms with Gasteiger partial charge in [-0.3, -0.25) is 4.79 Å². The first-order valence-electron chi connectivity index (χ1n) is 4.48. The molecule has 1 unspecified atom stereocenters. The summed E-state index contributed by atoms with van der Waals surface area (Å²) in [5.41, 5.74) is 5.38. The standard InChI is InChI=1S/C8H16N2O3.ClH/c9-7(5-11)8(13)10-3-1-6(12)2-4-10;/h6-7,11-12H,1-5,9H2;1H. The van der Waals surface area contributed by atoms with Crippen LogP contribution in [-0.4, -0.2) is 52.9 Å². The van der Waals surface area contributed by atoms with Crippen molar-refractivity contribution < 1.29 is 15.0 Å². The second kappa shape index (κ2) is 6.19. The minimum absolute atomic E-state index is 0. The number of carbonyl (C=O) groups is 1. The lowest BCUT2D eigenvalue weighted by Crippen LogP contribution is -2.49. The van der Waals surface area contributed by atoms with Gasteiger partial charge in [-0.15, -0.1) is 12.4 Å². The van der Waals surface area contributed by atoms with Gasteiger partial charge in [-0.1, -0.05) is 0 Å². The van der Waals surface area contributed by atoms with Crippen LogP contribution in [0.5, 0.6) is 0 Å². The molecule has 5 nitrogen and oxygen atoms in total. The Balaban J connectivity index is 0.00000169. The number of nitrogens with zero attached hydrogens (tertiary/aromatic N) is 1. The topological polar surface area (TPSA) is 86.8 Å². The third-order valence-corrected chi connectivity index (χ3v) is 2.29. The van der Waals surface area contributed by atoms with Crippen molar-refractivity contribution >= 4 is 18.3 Å². The van der Waals surface area contributed by atoms with E-state index in [0.29, 0.717) is 25.9 Å². The average Bonchev–Trinajstić information content (AvgIpc) is 2.17. The summed E-state index contributed by atoms with van der Waals surface area (Å²) in [4.78, 5) is 13.0. The highest BCUT2D eigenvalue weighted by Gasteiger charge is 2.24. The van der Waals surface area contributed by atoms with E-state index >= 15 is 0 Å². The highest BCUT2D eigenvalue weighted by atomic mass is 35.5. The summed E-state index contributed by atoms with van der Waals surface area (Å²) in [6, 6.07) is -0.810. The van der Waals surface area contributed by atoms with Crippen molar-refractivity contribution in [3.05, 3.63) is 0 Å². The zero-order chi connectivity index (χ0) is 9.84. The van der Waals surface area contributed by atoms with Crippen molar-refractivity contribution in [2.45, 2.75) is 25.0 Å². The SMILES string of the molecule is Cl.NC(CO)C(=O)N1CCC(O)CC1. The molecule has 1 aliphatic rings. The third kappa shape index (κ3) is 3.42. The molecule has 0 aromatic rings. The van der Waals surface area contributed by atoms with Crippen molar-refractivity contribution in [3.8, 4) is 0 Å². The molecule has 1 atom stereocenters. The number of hydrogen-bond acceptors (Lipinski definition) is 4. The van der Waals surface area contributed by atoms with Crippen LogP contribution in [-0.2, 0) is 4.79 Å². The zero-order valence-corrected chi connectivity index (χ0v) is 8.74. The normalized spacial score (nSPS) is 20.1. The number of aliphatic hydroxyl groups excluding tert-OH is 2. The van der Waals surface area contributed by atoms with Crippen LogP contribution in [0.1, 0.15) is 12.8 Å². The highest BCUT2D eigenvalue weighted by Crippen LogP contribution is 2.10. The van der Waals surface area contributed by atoms with E-state index in [2.05, 4.69) is 0 Å². The van der Waals surface area contributed by atoms with E-state index in [0.717, 1.165) is 0 Å². The molecule has 0 bridgehead atoms. The van der Waals surface area contributed by atoms with Gasteiger partial charge in [0.05, 0.1) is 12.7 Å². The van der Waals surface area contributed by atoms with Gasteiger partial charge in [0.15, 0.2) is 0 Å². The Morgan fingerprint density at radius 2 is 2.00 bits per heavy atom. The van der Waals surface area contributed by atoms with Gasteiger partial charge in [0.2, 0.25) is 5.91 Å². The van der Waals surface area contributed by atoms with Crippen LogP contribution >= 0.6 is 12.4 Å². The number of halogens is 1. The van der Waals surface area contributed by atoms with Crippen molar-refractivity contribution in [3.63, 3.8) is 0 Å². The molecule has 1 fully saturated rings. The maximum absolute atomic E-state index is 11.4. The van der Waals surface area contributed by atoms with Crippen LogP contribution in [0.3, 0.4) is 0 Å². The Morgan fingerprint density at radius 3 is 2.43 bits per heavy atom. The smallest absolute Gasteiger partial charge is 0.241 e. The van der Waals surface area contributed by atoms with Gasteiger partial charge < -0.3 is 20.8 Å². The van der Waals surface area contributed by atoms with Crippen molar-refractivity contribution in [2.75, 3.05) is 19.7 Å². The maximum atomic E-state index is 11.4.